The van der Waals surface area contributed by atoms with Crippen molar-refractivity contribution in [3.8, 4) is 0 Å². The minimum absolute atomic E-state index is 0.118. The van der Waals surface area contributed by atoms with Crippen LogP contribution in [-0.2, 0) is 12.8 Å². The Kier molecular flexibility index (Phi) is 4.86. The molecule has 1 aromatic carbocycles. The van der Waals surface area contributed by atoms with E-state index in [9.17, 15) is 4.79 Å². The molecule has 3 heterocycles. The highest BCUT2D eigenvalue weighted by molar-refractivity contribution is 6.30. The van der Waals surface area contributed by atoms with Gasteiger partial charge in [-0.05, 0) is 36.6 Å². The molecule has 0 spiro atoms. The first-order chi connectivity index (χ1) is 13.2. The number of hydrogen-bond acceptors (Lipinski definition) is 2. The Morgan fingerprint density at radius 2 is 2.07 bits per heavy atom. The number of carbonyl (C=O) groups excluding carboxylic acids is 1. The molecule has 4 rings (SSSR count). The van der Waals surface area contributed by atoms with Crippen LogP contribution in [0.4, 0.5) is 0 Å². The van der Waals surface area contributed by atoms with Crippen LogP contribution in [-0.4, -0.2) is 26.8 Å². The van der Waals surface area contributed by atoms with Gasteiger partial charge in [0.05, 0.1) is 10.7 Å². The van der Waals surface area contributed by atoms with Gasteiger partial charge in [0.15, 0.2) is 0 Å². The number of amides is 1. The number of aromatic amines is 1. The summed E-state index contributed by atoms with van der Waals surface area (Å²) in [6.45, 7) is 2.63. The monoisotopic (exact) mass is 380 g/mol. The van der Waals surface area contributed by atoms with Gasteiger partial charge in [-0.15, -0.1) is 0 Å². The Balaban J connectivity index is 1.54. The Hall–Kier alpha value is -2.79. The lowest BCUT2D eigenvalue weighted by Gasteiger charge is -2.07. The summed E-state index contributed by atoms with van der Waals surface area (Å²) >= 11 is 6.13. The molecule has 0 aliphatic carbocycles. The molecule has 0 fully saturated rings. The quantitative estimate of drug-likeness (QED) is 0.521. The Labute approximate surface area is 162 Å². The summed E-state index contributed by atoms with van der Waals surface area (Å²) in [5.41, 5.74) is 4.43. The van der Waals surface area contributed by atoms with E-state index in [-0.39, 0.29) is 5.91 Å². The molecular formula is C21H21ClN4O. The van der Waals surface area contributed by atoms with Crippen molar-refractivity contribution >= 4 is 34.1 Å². The lowest BCUT2D eigenvalue weighted by molar-refractivity contribution is 0.0947. The van der Waals surface area contributed by atoms with Gasteiger partial charge in [-0.2, -0.15) is 0 Å². The van der Waals surface area contributed by atoms with Crippen molar-refractivity contribution < 1.29 is 4.79 Å². The van der Waals surface area contributed by atoms with Gasteiger partial charge in [-0.3, -0.25) is 9.20 Å². The summed E-state index contributed by atoms with van der Waals surface area (Å²) in [5, 5.41) is 4.82. The highest BCUT2D eigenvalue weighted by Gasteiger charge is 2.18. The molecule has 0 unspecified atom stereocenters. The SMILES string of the molecule is CCCc1nc2ccc(Cl)cn2c1C(=O)NCCc1c[nH]c2ccccc12. The minimum Gasteiger partial charge on any atom is -0.361 e. The number of benzene rings is 1. The zero-order chi connectivity index (χ0) is 18.8. The van der Waals surface area contributed by atoms with Gasteiger partial charge in [0, 0.05) is 29.8 Å². The molecule has 0 aliphatic rings. The van der Waals surface area contributed by atoms with Gasteiger partial charge < -0.3 is 10.3 Å². The lowest BCUT2D eigenvalue weighted by Crippen LogP contribution is -2.27. The van der Waals surface area contributed by atoms with E-state index in [0.717, 1.165) is 36.1 Å². The summed E-state index contributed by atoms with van der Waals surface area (Å²) in [7, 11) is 0. The van der Waals surface area contributed by atoms with Gasteiger partial charge in [0.2, 0.25) is 0 Å². The van der Waals surface area contributed by atoms with Crippen molar-refractivity contribution in [1.29, 1.82) is 0 Å². The number of H-pyrrole nitrogens is 1. The fourth-order valence-corrected chi connectivity index (χ4v) is 3.61. The van der Waals surface area contributed by atoms with Crippen molar-refractivity contribution in [2.24, 2.45) is 0 Å². The fourth-order valence-electron chi connectivity index (χ4n) is 3.45. The molecular weight excluding hydrogens is 360 g/mol. The predicted molar refractivity (Wildman–Crippen MR) is 109 cm³/mol. The second kappa shape index (κ2) is 7.45. The fraction of sp³-hybridized carbons (Fsp3) is 0.238. The molecule has 0 atom stereocenters. The highest BCUT2D eigenvalue weighted by Crippen LogP contribution is 2.19. The normalized spacial score (nSPS) is 11.3. The van der Waals surface area contributed by atoms with E-state index in [1.807, 2.05) is 24.4 Å². The number of nitrogens with one attached hydrogen (secondary N) is 2. The van der Waals surface area contributed by atoms with Crippen molar-refractivity contribution in [3.63, 3.8) is 0 Å². The molecule has 138 valence electrons. The number of rotatable bonds is 6. The third kappa shape index (κ3) is 3.43. The number of nitrogens with zero attached hydrogens (tertiary/aromatic N) is 2. The molecule has 1 amide bonds. The summed E-state index contributed by atoms with van der Waals surface area (Å²) in [6, 6.07) is 11.8. The van der Waals surface area contributed by atoms with Gasteiger partial charge in [0.1, 0.15) is 11.3 Å². The first kappa shape index (κ1) is 17.6. The number of imidazole rings is 1. The van der Waals surface area contributed by atoms with E-state index < -0.39 is 0 Å². The Bertz CT molecular complexity index is 1110. The summed E-state index contributed by atoms with van der Waals surface area (Å²) < 4.78 is 1.79. The van der Waals surface area contributed by atoms with E-state index in [1.54, 1.807) is 16.7 Å². The number of carbonyl (C=O) groups is 1. The van der Waals surface area contributed by atoms with Gasteiger partial charge in [-0.25, -0.2) is 4.98 Å². The highest BCUT2D eigenvalue weighted by atomic mass is 35.5. The van der Waals surface area contributed by atoms with Crippen molar-refractivity contribution in [2.75, 3.05) is 6.54 Å². The van der Waals surface area contributed by atoms with Crippen LogP contribution in [0.1, 0.15) is 35.1 Å². The van der Waals surface area contributed by atoms with Crippen molar-refractivity contribution in [1.82, 2.24) is 19.7 Å². The van der Waals surface area contributed by atoms with Crippen LogP contribution in [0.2, 0.25) is 5.02 Å². The van der Waals surface area contributed by atoms with E-state index in [4.69, 9.17) is 11.6 Å². The largest absolute Gasteiger partial charge is 0.361 e. The number of pyridine rings is 1. The maximum Gasteiger partial charge on any atom is 0.270 e. The van der Waals surface area contributed by atoms with Crippen LogP contribution < -0.4 is 5.32 Å². The first-order valence-electron chi connectivity index (χ1n) is 9.17. The second-order valence-electron chi connectivity index (χ2n) is 6.60. The number of aromatic nitrogens is 3. The molecule has 0 bridgehead atoms. The van der Waals surface area contributed by atoms with Crippen molar-refractivity contribution in [3.05, 3.63) is 70.8 Å². The molecule has 4 aromatic rings. The second-order valence-corrected chi connectivity index (χ2v) is 7.03. The van der Waals surface area contributed by atoms with Crippen LogP contribution in [0, 0.1) is 0 Å². The minimum atomic E-state index is -0.118. The maximum atomic E-state index is 12.9. The van der Waals surface area contributed by atoms with Crippen molar-refractivity contribution in [2.45, 2.75) is 26.2 Å². The Morgan fingerprint density at radius 3 is 2.93 bits per heavy atom. The average molecular weight is 381 g/mol. The molecule has 0 aliphatic heterocycles. The predicted octanol–water partition coefficient (Wildman–Crippen LogP) is 4.39. The number of halogens is 1. The summed E-state index contributed by atoms with van der Waals surface area (Å²) in [4.78, 5) is 20.8. The van der Waals surface area contributed by atoms with Crippen LogP contribution >= 0.6 is 11.6 Å². The third-order valence-corrected chi connectivity index (χ3v) is 4.93. The van der Waals surface area contributed by atoms with E-state index >= 15 is 0 Å². The van der Waals surface area contributed by atoms with E-state index in [1.165, 1.54) is 10.9 Å². The first-order valence-corrected chi connectivity index (χ1v) is 9.55. The van der Waals surface area contributed by atoms with E-state index in [2.05, 4.69) is 34.3 Å². The molecule has 6 heteroatoms. The third-order valence-electron chi connectivity index (χ3n) is 4.71. The molecule has 0 saturated heterocycles. The molecule has 5 nitrogen and oxygen atoms in total. The summed E-state index contributed by atoms with van der Waals surface area (Å²) in [5.74, 6) is -0.118. The van der Waals surface area contributed by atoms with Gasteiger partial charge >= 0.3 is 0 Å². The zero-order valence-corrected chi connectivity index (χ0v) is 15.9. The molecule has 27 heavy (non-hydrogen) atoms. The molecule has 3 aromatic heterocycles. The van der Waals surface area contributed by atoms with E-state index in [0.29, 0.717) is 17.3 Å². The van der Waals surface area contributed by atoms with Crippen LogP contribution in [0.3, 0.4) is 0 Å². The lowest BCUT2D eigenvalue weighted by atomic mass is 10.1. The molecule has 0 saturated carbocycles. The van der Waals surface area contributed by atoms with Crippen LogP contribution in [0.15, 0.2) is 48.8 Å². The number of hydrogen-bond donors (Lipinski definition) is 2. The van der Waals surface area contributed by atoms with Crippen LogP contribution in [0.25, 0.3) is 16.6 Å². The number of para-hydroxylation sites is 1. The number of fused-ring (bicyclic) bond motifs is 2. The van der Waals surface area contributed by atoms with Crippen LogP contribution in [0.5, 0.6) is 0 Å². The van der Waals surface area contributed by atoms with Gasteiger partial charge in [-0.1, -0.05) is 43.1 Å². The standard InChI is InChI=1S/C21H21ClN4O/c1-2-5-18-20(26-13-15(22)8-9-19(26)25-18)21(27)23-11-10-14-12-24-17-7-4-3-6-16(14)17/h3-4,6-9,12-13,24H,2,5,10-11H2,1H3,(H,23,27). The Morgan fingerprint density at radius 1 is 1.22 bits per heavy atom. The summed E-state index contributed by atoms with van der Waals surface area (Å²) in [6.07, 6.45) is 6.19. The number of aryl methyl sites for hydroxylation is 1. The zero-order valence-electron chi connectivity index (χ0n) is 15.1. The molecule has 0 radical (unpaired) electrons. The average Bonchev–Trinajstić information content (AvgIpc) is 3.23. The maximum absolute atomic E-state index is 12.9. The smallest absolute Gasteiger partial charge is 0.270 e. The van der Waals surface area contributed by atoms with Gasteiger partial charge in [0.25, 0.3) is 5.91 Å². The topological polar surface area (TPSA) is 62.2 Å². The molecule has 2 N–H and O–H groups in total.